The number of nitrogens with zero attached hydrogens (tertiary/aromatic N) is 3. The van der Waals surface area contributed by atoms with E-state index in [0.29, 0.717) is 16.8 Å². The third-order valence-corrected chi connectivity index (χ3v) is 4.43. The second kappa shape index (κ2) is 7.91. The average molecular weight is 378 g/mol. The molecule has 3 heterocycles. The number of hydrogen-bond donors (Lipinski definition) is 3. The molecule has 0 amide bonds. The number of fused-ring (bicyclic) bond motifs is 1. The maximum absolute atomic E-state index is 13.0. The first-order chi connectivity index (χ1) is 12.9. The highest BCUT2D eigenvalue weighted by Crippen LogP contribution is 2.37. The van der Waals surface area contributed by atoms with Gasteiger partial charge in [-0.2, -0.15) is 18.3 Å². The first-order valence-electron chi connectivity index (χ1n) is 8.72. The molecule has 4 rings (SSSR count). The summed E-state index contributed by atoms with van der Waals surface area (Å²) in [6.07, 6.45) is 0.926. The quantitative estimate of drug-likeness (QED) is 0.601. The molecule has 4 N–H and O–H groups in total. The van der Waals surface area contributed by atoms with Gasteiger partial charge in [0.15, 0.2) is 0 Å². The summed E-state index contributed by atoms with van der Waals surface area (Å²) >= 11 is 0. The van der Waals surface area contributed by atoms with Gasteiger partial charge in [-0.25, -0.2) is 0 Å². The number of aryl methyl sites for hydroxylation is 1. The van der Waals surface area contributed by atoms with Crippen LogP contribution in [0.3, 0.4) is 0 Å². The minimum absolute atomic E-state index is 0.00345. The van der Waals surface area contributed by atoms with Gasteiger partial charge in [-0.15, -0.1) is 10.2 Å². The third-order valence-electron chi connectivity index (χ3n) is 4.43. The summed E-state index contributed by atoms with van der Waals surface area (Å²) in [6, 6.07) is 4.04. The molecule has 6 nitrogen and oxygen atoms in total. The third kappa shape index (κ3) is 4.36. The zero-order valence-electron chi connectivity index (χ0n) is 14.9. The minimum atomic E-state index is -4.44. The molecule has 0 unspecified atom stereocenters. The molecule has 0 saturated carbocycles. The first kappa shape index (κ1) is 19.1. The Kier molecular flexibility index (Phi) is 5.59. The number of H-pyrrole nitrogens is 1. The van der Waals surface area contributed by atoms with Crippen molar-refractivity contribution < 1.29 is 13.2 Å². The molecule has 0 atom stereocenters. The fourth-order valence-corrected chi connectivity index (χ4v) is 2.92. The van der Waals surface area contributed by atoms with E-state index >= 15 is 0 Å². The van der Waals surface area contributed by atoms with E-state index in [9.17, 15) is 13.2 Å². The lowest BCUT2D eigenvalue weighted by atomic mass is 10.0. The summed E-state index contributed by atoms with van der Waals surface area (Å²) < 4.78 is 38.9. The highest BCUT2D eigenvalue weighted by atomic mass is 19.4. The van der Waals surface area contributed by atoms with Crippen LogP contribution in [-0.4, -0.2) is 33.5 Å². The van der Waals surface area contributed by atoms with Gasteiger partial charge in [-0.3, -0.25) is 5.10 Å². The number of anilines is 1. The zero-order valence-corrected chi connectivity index (χ0v) is 14.9. The van der Waals surface area contributed by atoms with Crippen molar-refractivity contribution in [2.45, 2.75) is 32.4 Å². The van der Waals surface area contributed by atoms with Crippen molar-refractivity contribution in [3.05, 3.63) is 35.5 Å². The number of rotatable bonds is 1. The Morgan fingerprint density at radius 2 is 1.81 bits per heavy atom. The Hall–Kier alpha value is -2.68. The van der Waals surface area contributed by atoms with Gasteiger partial charge in [-0.05, 0) is 56.6 Å². The number of hydrogen-bond acceptors (Lipinski definition) is 5. The Morgan fingerprint density at radius 1 is 1.07 bits per heavy atom. The lowest BCUT2D eigenvalue weighted by Gasteiger charge is -2.10. The van der Waals surface area contributed by atoms with Crippen LogP contribution in [0, 0.1) is 6.92 Å². The number of alkyl halides is 3. The van der Waals surface area contributed by atoms with Crippen molar-refractivity contribution in [1.29, 1.82) is 0 Å². The summed E-state index contributed by atoms with van der Waals surface area (Å²) in [5.41, 5.74) is 6.75. The molecular weight excluding hydrogens is 357 g/mol. The number of benzene rings is 1. The van der Waals surface area contributed by atoms with Crippen LogP contribution in [0.5, 0.6) is 0 Å². The molecule has 1 aliphatic heterocycles. The molecule has 9 heteroatoms. The van der Waals surface area contributed by atoms with Gasteiger partial charge in [0.2, 0.25) is 0 Å². The monoisotopic (exact) mass is 378 g/mol. The molecule has 0 aliphatic carbocycles. The second-order valence-electron chi connectivity index (χ2n) is 6.43. The molecular formula is C18H21F3N6. The molecule has 1 fully saturated rings. The summed E-state index contributed by atoms with van der Waals surface area (Å²) in [7, 11) is 0. The number of aromatic amines is 1. The van der Waals surface area contributed by atoms with Gasteiger partial charge in [0.05, 0.1) is 23.0 Å². The van der Waals surface area contributed by atoms with Gasteiger partial charge in [0, 0.05) is 10.9 Å². The van der Waals surface area contributed by atoms with Crippen LogP contribution in [0.25, 0.3) is 22.2 Å². The van der Waals surface area contributed by atoms with E-state index in [1.807, 2.05) is 0 Å². The fraction of sp³-hybridized carbons (Fsp3) is 0.389. The molecule has 0 spiro atoms. The smallest absolute Gasteiger partial charge is 0.382 e. The molecule has 27 heavy (non-hydrogen) atoms. The van der Waals surface area contributed by atoms with E-state index < -0.39 is 11.7 Å². The van der Waals surface area contributed by atoms with Gasteiger partial charge in [0.25, 0.3) is 0 Å². The lowest BCUT2D eigenvalue weighted by Crippen LogP contribution is -2.21. The maximum Gasteiger partial charge on any atom is 0.417 e. The van der Waals surface area contributed by atoms with Crippen molar-refractivity contribution in [2.24, 2.45) is 0 Å². The predicted octanol–water partition coefficient (Wildman–Crippen LogP) is 3.69. The second-order valence-corrected chi connectivity index (χ2v) is 6.43. The molecule has 1 aromatic carbocycles. The number of nitrogens with one attached hydrogen (secondary N) is 2. The number of halogens is 3. The maximum atomic E-state index is 13.0. The standard InChI is InChI=1S/C13H10F3N5.C5H11N/c1-6-4-10(19-21-12(6)17)7-2-3-9(13(14,15)16)8-5-18-20-11(7)8;1-2-4-6-5-3-1/h2-5H,1H3,(H2,17,21)(H,18,20);6H,1-5H2. The summed E-state index contributed by atoms with van der Waals surface area (Å²) in [5, 5.41) is 17.3. The van der Waals surface area contributed by atoms with Crippen molar-refractivity contribution >= 4 is 16.7 Å². The zero-order chi connectivity index (χ0) is 19.4. The van der Waals surface area contributed by atoms with E-state index in [0.717, 1.165) is 12.3 Å². The average Bonchev–Trinajstić information content (AvgIpc) is 3.14. The lowest BCUT2D eigenvalue weighted by molar-refractivity contribution is -0.136. The van der Waals surface area contributed by atoms with Crippen LogP contribution in [-0.2, 0) is 6.18 Å². The van der Waals surface area contributed by atoms with Crippen molar-refractivity contribution in [3.63, 3.8) is 0 Å². The normalized spacial score (nSPS) is 14.7. The number of nitrogen functional groups attached to an aromatic ring is 1. The highest BCUT2D eigenvalue weighted by molar-refractivity contribution is 5.94. The van der Waals surface area contributed by atoms with Crippen LogP contribution in [0.4, 0.5) is 19.0 Å². The van der Waals surface area contributed by atoms with Gasteiger partial charge < -0.3 is 11.1 Å². The summed E-state index contributed by atoms with van der Waals surface area (Å²) in [6.45, 7) is 4.25. The van der Waals surface area contributed by atoms with Crippen LogP contribution < -0.4 is 11.1 Å². The summed E-state index contributed by atoms with van der Waals surface area (Å²) in [4.78, 5) is 0. The van der Waals surface area contributed by atoms with E-state index in [1.54, 1.807) is 13.0 Å². The van der Waals surface area contributed by atoms with Gasteiger partial charge >= 0.3 is 6.18 Å². The molecule has 3 aromatic rings. The molecule has 0 bridgehead atoms. The molecule has 2 aromatic heterocycles. The van der Waals surface area contributed by atoms with E-state index in [4.69, 9.17) is 5.73 Å². The largest absolute Gasteiger partial charge is 0.417 e. The van der Waals surface area contributed by atoms with Gasteiger partial charge in [0.1, 0.15) is 5.82 Å². The number of nitrogens with two attached hydrogens (primary N) is 1. The first-order valence-corrected chi connectivity index (χ1v) is 8.72. The number of piperidine rings is 1. The minimum Gasteiger partial charge on any atom is -0.382 e. The van der Waals surface area contributed by atoms with Crippen molar-refractivity contribution in [1.82, 2.24) is 25.7 Å². The molecule has 1 aliphatic rings. The Labute approximate surface area is 154 Å². The SMILES string of the molecule is C1CCNCC1.Cc1cc(-c2ccc(C(F)(F)F)c3cn[nH]c23)nnc1N. The van der Waals surface area contributed by atoms with Gasteiger partial charge in [-0.1, -0.05) is 6.42 Å². The van der Waals surface area contributed by atoms with E-state index in [2.05, 4.69) is 25.7 Å². The molecule has 144 valence electrons. The Balaban J connectivity index is 0.000000299. The van der Waals surface area contributed by atoms with Crippen LogP contribution in [0.1, 0.15) is 30.4 Å². The molecule has 1 saturated heterocycles. The highest BCUT2D eigenvalue weighted by Gasteiger charge is 2.33. The number of aromatic nitrogens is 4. The molecule has 0 radical (unpaired) electrons. The van der Waals surface area contributed by atoms with Crippen LogP contribution in [0.2, 0.25) is 0 Å². The van der Waals surface area contributed by atoms with Crippen molar-refractivity contribution in [2.75, 3.05) is 18.8 Å². The fourth-order valence-electron chi connectivity index (χ4n) is 2.92. The topological polar surface area (TPSA) is 92.5 Å². The van der Waals surface area contributed by atoms with E-state index in [1.165, 1.54) is 38.4 Å². The van der Waals surface area contributed by atoms with Crippen LogP contribution in [0.15, 0.2) is 24.4 Å². The Bertz CT molecular complexity index is 904. The Morgan fingerprint density at radius 3 is 2.37 bits per heavy atom. The summed E-state index contributed by atoms with van der Waals surface area (Å²) in [5.74, 6) is 0.284. The van der Waals surface area contributed by atoms with E-state index in [-0.39, 0.29) is 16.7 Å². The predicted molar refractivity (Wildman–Crippen MR) is 98.0 cm³/mol. The van der Waals surface area contributed by atoms with Crippen molar-refractivity contribution in [3.8, 4) is 11.3 Å². The van der Waals surface area contributed by atoms with Crippen LogP contribution >= 0.6 is 0 Å².